The highest BCUT2D eigenvalue weighted by Gasteiger charge is 2.34. The van der Waals surface area contributed by atoms with E-state index in [4.69, 9.17) is 16.3 Å². The third-order valence-corrected chi connectivity index (χ3v) is 6.27. The number of piperidine rings is 1. The number of nitrogens with one attached hydrogen (secondary N) is 3. The second-order valence-corrected chi connectivity index (χ2v) is 8.10. The van der Waals surface area contributed by atoms with Crippen LogP contribution in [0.5, 0.6) is 5.75 Å². The molecule has 2 atom stereocenters. The van der Waals surface area contributed by atoms with Gasteiger partial charge in [-0.25, -0.2) is 4.79 Å². The predicted octanol–water partition coefficient (Wildman–Crippen LogP) is 4.20. The summed E-state index contributed by atoms with van der Waals surface area (Å²) in [6.45, 7) is 1.51. The number of likely N-dealkylation sites (tertiary alicyclic amines) is 1. The molecular formula is C22H27ClN4O2. The molecule has 154 valence electrons. The summed E-state index contributed by atoms with van der Waals surface area (Å²) < 4.78 is 5.34. The number of nitrogens with zero attached hydrogens (tertiary/aromatic N) is 1. The largest absolute Gasteiger partial charge is 0.497 e. The van der Waals surface area contributed by atoms with Crippen molar-refractivity contribution >= 4 is 23.3 Å². The molecule has 2 aromatic rings. The summed E-state index contributed by atoms with van der Waals surface area (Å²) in [6, 6.07) is 16.1. The SMILES string of the molecule is COc1cccc(C2CC(C3CCN(C(=O)Nc4ccccc4Cl)CC3)NN2)c1. The number of para-hydroxylation sites is 1. The first-order chi connectivity index (χ1) is 14.1. The fourth-order valence-corrected chi connectivity index (χ4v) is 4.41. The number of carbonyl (C=O) groups is 1. The number of amides is 2. The Morgan fingerprint density at radius 2 is 1.93 bits per heavy atom. The third kappa shape index (κ3) is 4.66. The van der Waals surface area contributed by atoms with Crippen molar-refractivity contribution in [1.29, 1.82) is 0 Å². The number of hydrogen-bond acceptors (Lipinski definition) is 4. The number of rotatable bonds is 4. The van der Waals surface area contributed by atoms with Gasteiger partial charge in [0.05, 0.1) is 17.8 Å². The molecule has 2 amide bonds. The normalized spacial score (nSPS) is 22.5. The molecule has 29 heavy (non-hydrogen) atoms. The summed E-state index contributed by atoms with van der Waals surface area (Å²) in [5, 5.41) is 3.47. The maximum absolute atomic E-state index is 12.6. The van der Waals surface area contributed by atoms with Gasteiger partial charge in [0.2, 0.25) is 0 Å². The molecule has 3 N–H and O–H groups in total. The number of benzene rings is 2. The van der Waals surface area contributed by atoms with Gasteiger partial charge in [-0.1, -0.05) is 35.9 Å². The molecule has 0 spiro atoms. The Morgan fingerprint density at radius 3 is 2.69 bits per heavy atom. The van der Waals surface area contributed by atoms with Gasteiger partial charge in [0.25, 0.3) is 0 Å². The molecule has 2 saturated heterocycles. The van der Waals surface area contributed by atoms with Gasteiger partial charge in [0, 0.05) is 25.2 Å². The molecule has 2 aromatic carbocycles. The minimum absolute atomic E-state index is 0.0803. The quantitative estimate of drug-likeness (QED) is 0.701. The number of hydrogen-bond donors (Lipinski definition) is 3. The highest BCUT2D eigenvalue weighted by Crippen LogP contribution is 2.32. The second kappa shape index (κ2) is 9.03. The Hall–Kier alpha value is -2.28. The van der Waals surface area contributed by atoms with Crippen molar-refractivity contribution in [3.63, 3.8) is 0 Å². The van der Waals surface area contributed by atoms with E-state index in [9.17, 15) is 4.79 Å². The summed E-state index contributed by atoms with van der Waals surface area (Å²) in [6.07, 6.45) is 3.00. The van der Waals surface area contributed by atoms with Crippen molar-refractivity contribution in [1.82, 2.24) is 15.8 Å². The maximum atomic E-state index is 12.6. The fraction of sp³-hybridized carbons (Fsp3) is 0.409. The van der Waals surface area contributed by atoms with Crippen LogP contribution in [0.4, 0.5) is 10.5 Å². The zero-order valence-corrected chi connectivity index (χ0v) is 17.3. The topological polar surface area (TPSA) is 65.6 Å². The van der Waals surface area contributed by atoms with E-state index in [1.165, 1.54) is 5.56 Å². The Balaban J connectivity index is 1.28. The Bertz CT molecular complexity index is 854. The standard InChI is InChI=1S/C22H27ClN4O2/c1-29-17-6-4-5-16(13-17)21-14-20(25-26-21)15-9-11-27(12-10-15)22(28)24-19-8-3-2-7-18(19)23/h2-8,13,15,20-21,25-26H,9-12,14H2,1H3,(H,24,28). The van der Waals surface area contributed by atoms with Crippen molar-refractivity contribution < 1.29 is 9.53 Å². The van der Waals surface area contributed by atoms with Crippen LogP contribution in [0.15, 0.2) is 48.5 Å². The molecular weight excluding hydrogens is 388 g/mol. The predicted molar refractivity (Wildman–Crippen MR) is 115 cm³/mol. The maximum Gasteiger partial charge on any atom is 0.321 e. The lowest BCUT2D eigenvalue weighted by Gasteiger charge is -2.34. The van der Waals surface area contributed by atoms with E-state index in [1.54, 1.807) is 13.2 Å². The molecule has 7 heteroatoms. The molecule has 0 aliphatic carbocycles. The number of ether oxygens (including phenoxy) is 1. The van der Waals surface area contributed by atoms with Crippen LogP contribution >= 0.6 is 11.6 Å². The lowest BCUT2D eigenvalue weighted by atomic mass is 9.86. The van der Waals surface area contributed by atoms with E-state index in [0.29, 0.717) is 22.7 Å². The number of urea groups is 1. The number of hydrazine groups is 1. The Labute approximate surface area is 176 Å². The minimum atomic E-state index is -0.0803. The number of methoxy groups -OCH3 is 1. The highest BCUT2D eigenvalue weighted by molar-refractivity contribution is 6.33. The molecule has 0 radical (unpaired) electrons. The van der Waals surface area contributed by atoms with Crippen molar-refractivity contribution in [3.05, 3.63) is 59.1 Å². The molecule has 6 nitrogen and oxygen atoms in total. The zero-order valence-electron chi connectivity index (χ0n) is 16.5. The van der Waals surface area contributed by atoms with Gasteiger partial charge in [0.15, 0.2) is 0 Å². The highest BCUT2D eigenvalue weighted by atomic mass is 35.5. The first-order valence-corrected chi connectivity index (χ1v) is 10.5. The van der Waals surface area contributed by atoms with Crippen LogP contribution in [0.1, 0.15) is 30.9 Å². The molecule has 0 saturated carbocycles. The van der Waals surface area contributed by atoms with Crippen LogP contribution < -0.4 is 20.9 Å². The smallest absolute Gasteiger partial charge is 0.321 e. The summed E-state index contributed by atoms with van der Waals surface area (Å²) in [4.78, 5) is 14.4. The minimum Gasteiger partial charge on any atom is -0.497 e. The van der Waals surface area contributed by atoms with Crippen LogP contribution in [0, 0.1) is 5.92 Å². The summed E-state index contributed by atoms with van der Waals surface area (Å²) in [7, 11) is 1.69. The number of anilines is 1. The lowest BCUT2D eigenvalue weighted by molar-refractivity contribution is 0.169. The Morgan fingerprint density at radius 1 is 1.14 bits per heavy atom. The zero-order chi connectivity index (χ0) is 20.2. The van der Waals surface area contributed by atoms with Crippen molar-refractivity contribution in [2.75, 3.05) is 25.5 Å². The first kappa shape index (κ1) is 20.0. The Kier molecular flexibility index (Phi) is 6.23. The van der Waals surface area contributed by atoms with Crippen molar-refractivity contribution in [2.45, 2.75) is 31.3 Å². The van der Waals surface area contributed by atoms with E-state index < -0.39 is 0 Å². The van der Waals surface area contributed by atoms with E-state index >= 15 is 0 Å². The number of carbonyl (C=O) groups excluding carboxylic acids is 1. The summed E-state index contributed by atoms with van der Waals surface area (Å²) in [5.41, 5.74) is 8.80. The van der Waals surface area contributed by atoms with E-state index in [-0.39, 0.29) is 12.1 Å². The van der Waals surface area contributed by atoms with E-state index in [1.807, 2.05) is 35.2 Å². The molecule has 4 rings (SSSR count). The van der Waals surface area contributed by atoms with Crippen molar-refractivity contribution in [3.8, 4) is 5.75 Å². The van der Waals surface area contributed by atoms with Gasteiger partial charge >= 0.3 is 6.03 Å². The summed E-state index contributed by atoms with van der Waals surface area (Å²) >= 11 is 6.14. The molecule has 2 unspecified atom stereocenters. The average Bonchev–Trinajstić information content (AvgIpc) is 3.26. The third-order valence-electron chi connectivity index (χ3n) is 5.94. The van der Waals surface area contributed by atoms with Crippen LogP contribution in [0.25, 0.3) is 0 Å². The fourth-order valence-electron chi connectivity index (χ4n) is 4.23. The van der Waals surface area contributed by atoms with Crippen LogP contribution in [-0.4, -0.2) is 37.2 Å². The number of halogens is 1. The van der Waals surface area contributed by atoms with E-state index in [0.717, 1.165) is 38.1 Å². The van der Waals surface area contributed by atoms with Crippen LogP contribution in [-0.2, 0) is 0 Å². The molecule has 2 aliphatic rings. The molecule has 2 aliphatic heterocycles. The van der Waals surface area contributed by atoms with Gasteiger partial charge in [-0.2, -0.15) is 0 Å². The second-order valence-electron chi connectivity index (χ2n) is 7.69. The van der Waals surface area contributed by atoms with Gasteiger partial charge in [-0.05, 0) is 55.0 Å². The van der Waals surface area contributed by atoms with Crippen LogP contribution in [0.2, 0.25) is 5.02 Å². The molecule has 2 fully saturated rings. The van der Waals surface area contributed by atoms with Gasteiger partial charge < -0.3 is 15.0 Å². The van der Waals surface area contributed by atoms with Gasteiger partial charge in [-0.3, -0.25) is 10.9 Å². The molecule has 0 bridgehead atoms. The van der Waals surface area contributed by atoms with Gasteiger partial charge in [-0.15, -0.1) is 0 Å². The van der Waals surface area contributed by atoms with Gasteiger partial charge in [0.1, 0.15) is 5.75 Å². The lowest BCUT2D eigenvalue weighted by Crippen LogP contribution is -2.45. The molecule has 0 aromatic heterocycles. The molecule has 2 heterocycles. The van der Waals surface area contributed by atoms with E-state index in [2.05, 4.69) is 28.3 Å². The first-order valence-electron chi connectivity index (χ1n) is 10.1. The summed E-state index contributed by atoms with van der Waals surface area (Å²) in [5.74, 6) is 1.42. The monoisotopic (exact) mass is 414 g/mol. The van der Waals surface area contributed by atoms with Crippen LogP contribution in [0.3, 0.4) is 0 Å². The van der Waals surface area contributed by atoms with Crippen molar-refractivity contribution in [2.24, 2.45) is 5.92 Å². The average molecular weight is 415 g/mol.